The molecule has 0 atom stereocenters. The van der Waals surface area contributed by atoms with Gasteiger partial charge in [-0.25, -0.2) is 4.79 Å². The van der Waals surface area contributed by atoms with Crippen molar-refractivity contribution in [2.24, 2.45) is 0 Å². The van der Waals surface area contributed by atoms with Crippen molar-refractivity contribution in [2.45, 2.75) is 24.4 Å². The second-order valence-corrected chi connectivity index (χ2v) is 7.30. The van der Waals surface area contributed by atoms with Gasteiger partial charge in [0.25, 0.3) is 0 Å². The Kier molecular flexibility index (Phi) is 6.60. The Balaban J connectivity index is 1.65. The minimum Gasteiger partial charge on any atom is -0.308 e. The molecule has 6 nitrogen and oxygen atoms in total. The number of benzene rings is 2. The lowest BCUT2D eigenvalue weighted by atomic mass is 10.2. The number of hydrogen-bond donors (Lipinski definition) is 2. The summed E-state index contributed by atoms with van der Waals surface area (Å²) in [5.41, 5.74) is 1.65. The molecule has 3 aromatic rings. The maximum Gasteiger partial charge on any atom is 0.326 e. The summed E-state index contributed by atoms with van der Waals surface area (Å²) in [7, 11) is 0. The number of thioether (sulfide) groups is 1. The van der Waals surface area contributed by atoms with E-state index in [1.165, 1.54) is 11.8 Å². The normalized spacial score (nSPS) is 10.6. The van der Waals surface area contributed by atoms with Gasteiger partial charge < -0.3 is 5.32 Å². The average Bonchev–Trinajstić information content (AvgIpc) is 3.04. The zero-order valence-corrected chi connectivity index (χ0v) is 16.8. The minimum absolute atomic E-state index is 0.380. The summed E-state index contributed by atoms with van der Waals surface area (Å²) in [6, 6.07) is 14.1. The molecule has 2 aromatic carbocycles. The predicted molar refractivity (Wildman–Crippen MR) is 111 cm³/mol. The fraction of sp³-hybridized carbons (Fsp3) is 0.167. The van der Waals surface area contributed by atoms with Crippen LogP contribution in [0.1, 0.15) is 12.5 Å². The topological polar surface area (TPSA) is 71.8 Å². The molecule has 0 aliphatic heterocycles. The summed E-state index contributed by atoms with van der Waals surface area (Å²) < 4.78 is 1.84. The van der Waals surface area contributed by atoms with Crippen LogP contribution in [0.3, 0.4) is 0 Å². The van der Waals surface area contributed by atoms with Crippen molar-refractivity contribution in [2.75, 3.05) is 10.6 Å². The minimum atomic E-state index is -0.401. The van der Waals surface area contributed by atoms with Gasteiger partial charge in [-0.05, 0) is 42.8 Å². The maximum absolute atomic E-state index is 12.2. The largest absolute Gasteiger partial charge is 0.326 e. The predicted octanol–water partition coefficient (Wildman–Crippen LogP) is 5.54. The Morgan fingerprint density at radius 2 is 1.81 bits per heavy atom. The lowest BCUT2D eigenvalue weighted by molar-refractivity contribution is 0.262. The van der Waals surface area contributed by atoms with Gasteiger partial charge in [0.15, 0.2) is 5.16 Å². The van der Waals surface area contributed by atoms with Crippen LogP contribution in [-0.2, 0) is 12.3 Å². The molecule has 27 heavy (non-hydrogen) atoms. The molecule has 0 bridgehead atoms. The van der Waals surface area contributed by atoms with Gasteiger partial charge in [-0.2, -0.15) is 0 Å². The fourth-order valence-electron chi connectivity index (χ4n) is 2.33. The molecule has 0 spiro atoms. The fourth-order valence-corrected chi connectivity index (χ4v) is 3.74. The summed E-state index contributed by atoms with van der Waals surface area (Å²) in [5.74, 6) is 1.04. The molecule has 0 unspecified atom stereocenters. The van der Waals surface area contributed by atoms with E-state index in [1.807, 2.05) is 35.8 Å². The zero-order chi connectivity index (χ0) is 19.2. The number of rotatable bonds is 6. The molecular formula is C18H17Cl2N5OS. The van der Waals surface area contributed by atoms with Gasteiger partial charge in [0.2, 0.25) is 5.95 Å². The van der Waals surface area contributed by atoms with Crippen molar-refractivity contribution < 1.29 is 4.79 Å². The van der Waals surface area contributed by atoms with E-state index in [-0.39, 0.29) is 0 Å². The average molecular weight is 422 g/mol. The number of anilines is 2. The number of urea groups is 1. The molecule has 0 fully saturated rings. The summed E-state index contributed by atoms with van der Waals surface area (Å²) in [4.78, 5) is 12.2. The summed E-state index contributed by atoms with van der Waals surface area (Å²) in [6.45, 7) is 2.58. The Labute approximate surface area is 171 Å². The summed E-state index contributed by atoms with van der Waals surface area (Å²) in [5, 5.41) is 15.7. The van der Waals surface area contributed by atoms with Crippen LogP contribution in [0.4, 0.5) is 16.4 Å². The Bertz CT molecular complexity index is 930. The third kappa shape index (κ3) is 5.15. The number of carbonyl (C=O) groups is 1. The highest BCUT2D eigenvalue weighted by molar-refractivity contribution is 7.98. The zero-order valence-electron chi connectivity index (χ0n) is 14.4. The number of halogens is 2. The quantitative estimate of drug-likeness (QED) is 0.512. The van der Waals surface area contributed by atoms with Gasteiger partial charge in [-0.1, -0.05) is 53.2 Å². The lowest BCUT2D eigenvalue weighted by Gasteiger charge is -2.10. The SMILES string of the molecule is CCn1c(NC(=O)Nc2ccc(Cl)cc2)nnc1SCc1ccccc1Cl. The smallest absolute Gasteiger partial charge is 0.308 e. The van der Waals surface area contributed by atoms with Gasteiger partial charge in [0, 0.05) is 28.0 Å². The van der Waals surface area contributed by atoms with Crippen molar-refractivity contribution in [1.29, 1.82) is 0 Å². The lowest BCUT2D eigenvalue weighted by Crippen LogP contribution is -2.22. The third-order valence-electron chi connectivity index (χ3n) is 3.68. The Morgan fingerprint density at radius 3 is 2.52 bits per heavy atom. The van der Waals surface area contributed by atoms with Crippen molar-refractivity contribution in [1.82, 2.24) is 14.8 Å². The number of aromatic nitrogens is 3. The summed E-state index contributed by atoms with van der Waals surface area (Å²) >= 11 is 13.5. The molecule has 0 radical (unpaired) electrons. The second-order valence-electron chi connectivity index (χ2n) is 5.52. The molecule has 2 amide bonds. The van der Waals surface area contributed by atoms with Crippen LogP contribution in [0.2, 0.25) is 10.0 Å². The van der Waals surface area contributed by atoms with E-state index in [2.05, 4.69) is 20.8 Å². The van der Waals surface area contributed by atoms with Gasteiger partial charge in [0.05, 0.1) is 0 Å². The molecule has 2 N–H and O–H groups in total. The number of nitrogens with one attached hydrogen (secondary N) is 2. The van der Waals surface area contributed by atoms with Crippen molar-refractivity contribution >= 4 is 52.6 Å². The van der Waals surface area contributed by atoms with Crippen LogP contribution >= 0.6 is 35.0 Å². The van der Waals surface area contributed by atoms with E-state index in [4.69, 9.17) is 23.2 Å². The highest BCUT2D eigenvalue weighted by Crippen LogP contribution is 2.27. The van der Waals surface area contributed by atoms with E-state index in [1.54, 1.807) is 24.3 Å². The second kappa shape index (κ2) is 9.12. The first-order valence-electron chi connectivity index (χ1n) is 8.19. The molecule has 0 aliphatic carbocycles. The van der Waals surface area contributed by atoms with Gasteiger partial charge in [0.1, 0.15) is 0 Å². The number of hydrogen-bond acceptors (Lipinski definition) is 4. The van der Waals surface area contributed by atoms with Crippen LogP contribution in [0.5, 0.6) is 0 Å². The van der Waals surface area contributed by atoms with Crippen LogP contribution < -0.4 is 10.6 Å². The molecule has 0 saturated heterocycles. The monoisotopic (exact) mass is 421 g/mol. The molecule has 9 heteroatoms. The summed E-state index contributed by atoms with van der Waals surface area (Å²) in [6.07, 6.45) is 0. The first kappa shape index (κ1) is 19.5. The van der Waals surface area contributed by atoms with E-state index in [0.717, 1.165) is 5.56 Å². The van der Waals surface area contributed by atoms with Crippen LogP contribution in [0, 0.1) is 0 Å². The maximum atomic E-state index is 12.2. The Hall–Kier alpha value is -2.22. The highest BCUT2D eigenvalue weighted by Gasteiger charge is 2.14. The van der Waals surface area contributed by atoms with Crippen molar-refractivity contribution in [3.63, 3.8) is 0 Å². The molecular weight excluding hydrogens is 405 g/mol. The van der Waals surface area contributed by atoms with E-state index < -0.39 is 6.03 Å². The number of nitrogens with zero attached hydrogens (tertiary/aromatic N) is 3. The molecule has 3 rings (SSSR count). The van der Waals surface area contributed by atoms with E-state index >= 15 is 0 Å². The molecule has 1 heterocycles. The highest BCUT2D eigenvalue weighted by atomic mass is 35.5. The first-order chi connectivity index (χ1) is 13.1. The van der Waals surface area contributed by atoms with Crippen molar-refractivity contribution in [3.8, 4) is 0 Å². The van der Waals surface area contributed by atoms with Crippen LogP contribution in [0.15, 0.2) is 53.7 Å². The Morgan fingerprint density at radius 1 is 1.07 bits per heavy atom. The van der Waals surface area contributed by atoms with Gasteiger partial charge in [-0.3, -0.25) is 9.88 Å². The van der Waals surface area contributed by atoms with Crippen LogP contribution in [0.25, 0.3) is 0 Å². The molecule has 140 valence electrons. The standard InChI is InChI=1S/C18H17Cl2N5OS/c1-2-25-16(22-17(26)21-14-9-7-13(19)8-10-14)23-24-18(25)27-11-12-5-3-4-6-15(12)20/h3-10H,2,11H2,1H3,(H2,21,22,23,26). The first-order valence-corrected chi connectivity index (χ1v) is 9.94. The molecule has 0 saturated carbocycles. The van der Waals surface area contributed by atoms with Crippen LogP contribution in [-0.4, -0.2) is 20.8 Å². The molecule has 0 aliphatic rings. The van der Waals surface area contributed by atoms with E-state index in [0.29, 0.717) is 39.1 Å². The van der Waals surface area contributed by atoms with Gasteiger partial charge in [-0.15, -0.1) is 10.2 Å². The van der Waals surface area contributed by atoms with E-state index in [9.17, 15) is 4.79 Å². The van der Waals surface area contributed by atoms with Crippen molar-refractivity contribution in [3.05, 3.63) is 64.1 Å². The number of amides is 2. The van der Waals surface area contributed by atoms with Gasteiger partial charge >= 0.3 is 6.03 Å². The molecule has 1 aromatic heterocycles. The number of carbonyl (C=O) groups excluding carboxylic acids is 1. The third-order valence-corrected chi connectivity index (χ3v) is 5.31.